The smallest absolute Gasteiger partial charge is 0.338 e. The number of methoxy groups -OCH3 is 2. The number of rotatable bonds is 7. The Morgan fingerprint density at radius 2 is 1.72 bits per heavy atom. The number of nitrogens with zero attached hydrogens (tertiary/aromatic N) is 2. The van der Waals surface area contributed by atoms with Gasteiger partial charge < -0.3 is 24.4 Å². The van der Waals surface area contributed by atoms with Crippen molar-refractivity contribution in [1.29, 1.82) is 5.26 Å². The van der Waals surface area contributed by atoms with Crippen molar-refractivity contribution in [2.24, 2.45) is 0 Å². The van der Waals surface area contributed by atoms with Crippen LogP contribution in [0.4, 0.5) is 5.69 Å². The van der Waals surface area contributed by atoms with E-state index in [9.17, 15) is 14.4 Å². The Bertz CT molecular complexity index is 1060. The van der Waals surface area contributed by atoms with Gasteiger partial charge in [-0.05, 0) is 53.9 Å². The van der Waals surface area contributed by atoms with Gasteiger partial charge in [-0.25, -0.2) is 4.79 Å². The lowest BCUT2D eigenvalue weighted by atomic mass is 9.99. The molecule has 2 aromatic rings. The summed E-state index contributed by atoms with van der Waals surface area (Å²) in [7, 11) is 3.14. The molecule has 32 heavy (non-hydrogen) atoms. The summed E-state index contributed by atoms with van der Waals surface area (Å²) in [4.78, 5) is 37.9. The second-order valence-corrected chi connectivity index (χ2v) is 7.08. The van der Waals surface area contributed by atoms with Crippen LogP contribution in [0.3, 0.4) is 0 Å². The zero-order chi connectivity index (χ0) is 23.1. The summed E-state index contributed by atoms with van der Waals surface area (Å²) in [5.41, 5.74) is 2.75. The van der Waals surface area contributed by atoms with Gasteiger partial charge in [-0.3, -0.25) is 9.59 Å². The van der Waals surface area contributed by atoms with Gasteiger partial charge in [0.15, 0.2) is 18.1 Å². The van der Waals surface area contributed by atoms with Gasteiger partial charge in [-0.1, -0.05) is 0 Å². The molecule has 1 aliphatic rings. The number of nitrogens with one attached hydrogen (secondary N) is 1. The van der Waals surface area contributed by atoms with Crippen LogP contribution in [0.15, 0.2) is 36.4 Å². The number of amides is 2. The third-order valence-electron chi connectivity index (χ3n) is 5.04. The van der Waals surface area contributed by atoms with Gasteiger partial charge in [0, 0.05) is 18.8 Å². The molecule has 0 unspecified atom stereocenters. The van der Waals surface area contributed by atoms with Crippen molar-refractivity contribution in [3.63, 3.8) is 0 Å². The van der Waals surface area contributed by atoms with Gasteiger partial charge in [0.05, 0.1) is 25.9 Å². The standard InChI is InChI=1S/C23H23N3O6/c1-30-19-11-16-8-10-26(13-17(16)12-20(19)31-2)22(28)14-32-23(29)15-3-5-18(6-4-15)25-21(27)7-9-24/h3-6,11-12H,7-8,10,13-14H2,1-2H3,(H,25,27). The largest absolute Gasteiger partial charge is 0.493 e. The van der Waals surface area contributed by atoms with Crippen molar-refractivity contribution in [2.75, 3.05) is 32.7 Å². The van der Waals surface area contributed by atoms with Crippen LogP contribution in [0, 0.1) is 11.3 Å². The summed E-state index contributed by atoms with van der Waals surface area (Å²) < 4.78 is 15.8. The van der Waals surface area contributed by atoms with E-state index in [2.05, 4.69) is 5.32 Å². The molecule has 0 atom stereocenters. The van der Waals surface area contributed by atoms with Gasteiger partial charge in [-0.2, -0.15) is 5.26 Å². The fraction of sp³-hybridized carbons (Fsp3) is 0.304. The normalized spacial score (nSPS) is 12.2. The average Bonchev–Trinajstić information content (AvgIpc) is 2.81. The first-order valence-electron chi connectivity index (χ1n) is 9.90. The highest BCUT2D eigenvalue weighted by molar-refractivity contribution is 5.94. The van der Waals surface area contributed by atoms with Crippen LogP contribution >= 0.6 is 0 Å². The third kappa shape index (κ3) is 5.35. The minimum Gasteiger partial charge on any atom is -0.493 e. The van der Waals surface area contributed by atoms with Crippen LogP contribution in [0.5, 0.6) is 11.5 Å². The maximum atomic E-state index is 12.6. The lowest BCUT2D eigenvalue weighted by molar-refractivity contribution is -0.135. The number of hydrogen-bond acceptors (Lipinski definition) is 7. The Kier molecular flexibility index (Phi) is 7.29. The molecule has 0 saturated heterocycles. The summed E-state index contributed by atoms with van der Waals surface area (Å²) >= 11 is 0. The zero-order valence-electron chi connectivity index (χ0n) is 17.8. The number of nitriles is 1. The van der Waals surface area contributed by atoms with Crippen LogP contribution < -0.4 is 14.8 Å². The molecule has 0 saturated carbocycles. The average molecular weight is 437 g/mol. The summed E-state index contributed by atoms with van der Waals surface area (Å²) in [6.45, 7) is 0.529. The molecule has 1 aliphatic heterocycles. The molecule has 9 heteroatoms. The van der Waals surface area contributed by atoms with Crippen molar-refractivity contribution >= 4 is 23.5 Å². The molecule has 2 aromatic carbocycles. The molecule has 0 bridgehead atoms. The number of carbonyl (C=O) groups excluding carboxylic acids is 3. The number of benzene rings is 2. The monoisotopic (exact) mass is 437 g/mol. The van der Waals surface area contributed by atoms with Crippen LogP contribution in [0.1, 0.15) is 27.9 Å². The molecular weight excluding hydrogens is 414 g/mol. The zero-order valence-corrected chi connectivity index (χ0v) is 17.8. The number of hydrogen-bond donors (Lipinski definition) is 1. The summed E-state index contributed by atoms with van der Waals surface area (Å²) in [6, 6.07) is 11.5. The van der Waals surface area contributed by atoms with Crippen molar-refractivity contribution in [2.45, 2.75) is 19.4 Å². The van der Waals surface area contributed by atoms with E-state index in [1.165, 1.54) is 24.3 Å². The molecule has 166 valence electrons. The molecule has 0 radical (unpaired) electrons. The van der Waals surface area contributed by atoms with E-state index in [1.807, 2.05) is 12.1 Å². The second kappa shape index (κ2) is 10.3. The van der Waals surface area contributed by atoms with Gasteiger partial charge in [-0.15, -0.1) is 0 Å². The number of fused-ring (bicyclic) bond motifs is 1. The Morgan fingerprint density at radius 1 is 1.06 bits per heavy atom. The topological polar surface area (TPSA) is 118 Å². The van der Waals surface area contributed by atoms with E-state index in [-0.39, 0.29) is 24.5 Å². The molecule has 0 aromatic heterocycles. The highest BCUT2D eigenvalue weighted by atomic mass is 16.5. The lowest BCUT2D eigenvalue weighted by Gasteiger charge is -2.29. The highest BCUT2D eigenvalue weighted by Gasteiger charge is 2.24. The predicted molar refractivity (Wildman–Crippen MR) is 114 cm³/mol. The molecule has 1 N–H and O–H groups in total. The molecule has 0 spiro atoms. The van der Waals surface area contributed by atoms with E-state index in [1.54, 1.807) is 25.2 Å². The first-order valence-corrected chi connectivity index (χ1v) is 9.90. The maximum absolute atomic E-state index is 12.6. The van der Waals surface area contributed by atoms with Gasteiger partial charge in [0.2, 0.25) is 5.91 Å². The quantitative estimate of drug-likeness (QED) is 0.660. The lowest BCUT2D eigenvalue weighted by Crippen LogP contribution is -2.38. The fourth-order valence-corrected chi connectivity index (χ4v) is 3.36. The Labute approximate surface area is 185 Å². The second-order valence-electron chi connectivity index (χ2n) is 7.08. The number of carbonyl (C=O) groups is 3. The first kappa shape index (κ1) is 22.6. The Morgan fingerprint density at radius 3 is 2.34 bits per heavy atom. The molecule has 2 amide bonds. The predicted octanol–water partition coefficient (Wildman–Crippen LogP) is 2.30. The van der Waals surface area contributed by atoms with E-state index < -0.39 is 11.9 Å². The molecular formula is C23H23N3O6. The first-order chi connectivity index (χ1) is 15.4. The highest BCUT2D eigenvalue weighted by Crippen LogP contribution is 2.33. The molecule has 9 nitrogen and oxygen atoms in total. The third-order valence-corrected chi connectivity index (χ3v) is 5.04. The SMILES string of the molecule is COc1cc2c(cc1OC)CN(C(=O)COC(=O)c1ccc(NC(=O)CC#N)cc1)CC2. The van der Waals surface area contributed by atoms with Crippen LogP contribution in [-0.4, -0.2) is 50.1 Å². The molecule has 3 rings (SSSR count). The Balaban J connectivity index is 1.55. The minimum atomic E-state index is -0.642. The van der Waals surface area contributed by atoms with Crippen LogP contribution in [-0.2, 0) is 27.3 Å². The van der Waals surface area contributed by atoms with E-state index in [0.29, 0.717) is 36.7 Å². The van der Waals surface area contributed by atoms with Gasteiger partial charge in [0.1, 0.15) is 6.42 Å². The van der Waals surface area contributed by atoms with E-state index in [4.69, 9.17) is 19.5 Å². The number of esters is 1. The van der Waals surface area contributed by atoms with Gasteiger partial charge >= 0.3 is 5.97 Å². The number of ether oxygens (including phenoxy) is 3. The van der Waals surface area contributed by atoms with Gasteiger partial charge in [0.25, 0.3) is 5.91 Å². The van der Waals surface area contributed by atoms with Crippen molar-refractivity contribution in [3.05, 3.63) is 53.1 Å². The Hall–Kier alpha value is -4.06. The molecule has 1 heterocycles. The van der Waals surface area contributed by atoms with E-state index >= 15 is 0 Å². The van der Waals surface area contributed by atoms with Crippen molar-refractivity contribution in [1.82, 2.24) is 4.90 Å². The molecule has 0 fully saturated rings. The van der Waals surface area contributed by atoms with Crippen molar-refractivity contribution < 1.29 is 28.6 Å². The van der Waals surface area contributed by atoms with E-state index in [0.717, 1.165) is 11.1 Å². The fourth-order valence-electron chi connectivity index (χ4n) is 3.36. The van der Waals surface area contributed by atoms with Crippen LogP contribution in [0.2, 0.25) is 0 Å². The summed E-state index contributed by atoms with van der Waals surface area (Å²) in [5, 5.41) is 11.0. The molecule has 0 aliphatic carbocycles. The summed E-state index contributed by atoms with van der Waals surface area (Å²) in [5.74, 6) is -0.126. The maximum Gasteiger partial charge on any atom is 0.338 e. The summed E-state index contributed by atoms with van der Waals surface area (Å²) in [6.07, 6.45) is 0.404. The minimum absolute atomic E-state index is 0.247. The number of anilines is 1. The van der Waals surface area contributed by atoms with Crippen molar-refractivity contribution in [3.8, 4) is 17.6 Å². The van der Waals surface area contributed by atoms with Crippen LogP contribution in [0.25, 0.3) is 0 Å².